The lowest BCUT2D eigenvalue weighted by Gasteiger charge is -1.97. The number of rotatable bonds is 8. The SMILES string of the molecule is CC=CC(=O)O.OCCCCCCCCO. The van der Waals surface area contributed by atoms with Crippen LogP contribution in [0.15, 0.2) is 12.2 Å². The molecular formula is C12H24O4. The van der Waals surface area contributed by atoms with Gasteiger partial charge in [0.25, 0.3) is 0 Å². The first-order valence-electron chi connectivity index (χ1n) is 5.76. The summed E-state index contributed by atoms with van der Waals surface area (Å²) in [6.07, 6.45) is 9.06. The van der Waals surface area contributed by atoms with Gasteiger partial charge in [-0.1, -0.05) is 31.8 Å². The van der Waals surface area contributed by atoms with Gasteiger partial charge in [-0.05, 0) is 19.8 Å². The van der Waals surface area contributed by atoms with Gasteiger partial charge in [-0.15, -0.1) is 0 Å². The Morgan fingerprint density at radius 3 is 1.50 bits per heavy atom. The number of hydrogen-bond donors (Lipinski definition) is 3. The molecule has 0 heterocycles. The third-order valence-electron chi connectivity index (χ3n) is 1.88. The summed E-state index contributed by atoms with van der Waals surface area (Å²) in [6, 6.07) is 0. The number of hydrogen-bond acceptors (Lipinski definition) is 3. The number of aliphatic hydroxyl groups is 2. The number of carbonyl (C=O) groups is 1. The maximum absolute atomic E-state index is 9.51. The molecule has 0 spiro atoms. The van der Waals surface area contributed by atoms with Crippen LogP contribution in [-0.4, -0.2) is 34.5 Å². The molecule has 0 aliphatic rings. The molecular weight excluding hydrogens is 208 g/mol. The van der Waals surface area contributed by atoms with Gasteiger partial charge < -0.3 is 15.3 Å². The zero-order valence-electron chi connectivity index (χ0n) is 10.1. The lowest BCUT2D eigenvalue weighted by Crippen LogP contribution is -1.85. The Labute approximate surface area is 97.6 Å². The van der Waals surface area contributed by atoms with Crippen molar-refractivity contribution in [1.82, 2.24) is 0 Å². The summed E-state index contributed by atoms with van der Waals surface area (Å²) in [5.74, 6) is -0.891. The van der Waals surface area contributed by atoms with Gasteiger partial charge in [-0.25, -0.2) is 4.79 Å². The van der Waals surface area contributed by atoms with E-state index in [9.17, 15) is 4.79 Å². The maximum Gasteiger partial charge on any atom is 0.327 e. The zero-order valence-corrected chi connectivity index (χ0v) is 10.1. The van der Waals surface area contributed by atoms with Gasteiger partial charge >= 0.3 is 5.97 Å². The lowest BCUT2D eigenvalue weighted by molar-refractivity contribution is -0.131. The van der Waals surface area contributed by atoms with Gasteiger partial charge in [-0.2, -0.15) is 0 Å². The fraction of sp³-hybridized carbons (Fsp3) is 0.750. The van der Waals surface area contributed by atoms with Crippen LogP contribution in [0.2, 0.25) is 0 Å². The first kappa shape index (κ1) is 17.5. The molecule has 0 bridgehead atoms. The number of aliphatic carboxylic acids is 1. The van der Waals surface area contributed by atoms with E-state index in [-0.39, 0.29) is 0 Å². The zero-order chi connectivity index (χ0) is 12.6. The van der Waals surface area contributed by atoms with Crippen LogP contribution < -0.4 is 0 Å². The summed E-state index contributed by atoms with van der Waals surface area (Å²) in [6.45, 7) is 2.30. The van der Waals surface area contributed by atoms with Crippen molar-refractivity contribution in [3.05, 3.63) is 12.2 Å². The highest BCUT2D eigenvalue weighted by molar-refractivity contribution is 5.79. The third kappa shape index (κ3) is 23.2. The Bertz CT molecular complexity index is 158. The topological polar surface area (TPSA) is 77.8 Å². The van der Waals surface area contributed by atoms with Gasteiger partial charge in [0.2, 0.25) is 0 Å². The van der Waals surface area contributed by atoms with Crippen LogP contribution in [0.1, 0.15) is 45.4 Å². The van der Waals surface area contributed by atoms with Crippen LogP contribution in [0.25, 0.3) is 0 Å². The summed E-state index contributed by atoms with van der Waals surface area (Å²) in [7, 11) is 0. The number of unbranched alkanes of at least 4 members (excludes halogenated alkanes) is 5. The Morgan fingerprint density at radius 1 is 0.938 bits per heavy atom. The van der Waals surface area contributed by atoms with E-state index in [4.69, 9.17) is 15.3 Å². The van der Waals surface area contributed by atoms with Gasteiger partial charge in [0.15, 0.2) is 0 Å². The van der Waals surface area contributed by atoms with Crippen LogP contribution in [0.3, 0.4) is 0 Å². The van der Waals surface area contributed by atoms with E-state index in [0.717, 1.165) is 31.8 Å². The average Bonchev–Trinajstić information content (AvgIpc) is 2.24. The second-order valence-corrected chi connectivity index (χ2v) is 3.41. The molecule has 0 aliphatic heterocycles. The quantitative estimate of drug-likeness (QED) is 0.441. The Morgan fingerprint density at radius 2 is 1.31 bits per heavy atom. The highest BCUT2D eigenvalue weighted by atomic mass is 16.4. The molecule has 0 radical (unpaired) electrons. The Balaban J connectivity index is 0. The second kappa shape index (κ2) is 16.6. The third-order valence-corrected chi connectivity index (χ3v) is 1.88. The minimum absolute atomic E-state index is 0.319. The van der Waals surface area contributed by atoms with Crippen LogP contribution in [0.5, 0.6) is 0 Å². The molecule has 4 heteroatoms. The summed E-state index contributed by atoms with van der Waals surface area (Å²) >= 11 is 0. The van der Waals surface area contributed by atoms with E-state index in [0.29, 0.717) is 13.2 Å². The molecule has 0 fully saturated rings. The molecule has 16 heavy (non-hydrogen) atoms. The van der Waals surface area contributed by atoms with E-state index in [1.807, 2.05) is 0 Å². The predicted octanol–water partition coefficient (Wildman–Crippen LogP) is 1.96. The van der Waals surface area contributed by atoms with E-state index < -0.39 is 5.97 Å². The molecule has 0 aromatic heterocycles. The summed E-state index contributed by atoms with van der Waals surface area (Å²) in [5, 5.41) is 24.7. The van der Waals surface area contributed by atoms with E-state index in [1.54, 1.807) is 6.92 Å². The van der Waals surface area contributed by atoms with Gasteiger partial charge in [0.1, 0.15) is 0 Å². The maximum atomic E-state index is 9.51. The monoisotopic (exact) mass is 232 g/mol. The second-order valence-electron chi connectivity index (χ2n) is 3.41. The normalized spacial score (nSPS) is 9.94. The van der Waals surface area contributed by atoms with Crippen molar-refractivity contribution < 1.29 is 20.1 Å². The first-order valence-corrected chi connectivity index (χ1v) is 5.76. The smallest absolute Gasteiger partial charge is 0.327 e. The van der Waals surface area contributed by atoms with Crippen molar-refractivity contribution >= 4 is 5.97 Å². The Hall–Kier alpha value is -0.870. The number of carboxylic acids is 1. The van der Waals surface area contributed by atoms with E-state index >= 15 is 0 Å². The van der Waals surface area contributed by atoms with E-state index in [2.05, 4.69) is 0 Å². The molecule has 0 aromatic rings. The highest BCUT2D eigenvalue weighted by Crippen LogP contribution is 2.03. The van der Waals surface area contributed by atoms with Crippen LogP contribution in [0.4, 0.5) is 0 Å². The van der Waals surface area contributed by atoms with Crippen molar-refractivity contribution in [3.8, 4) is 0 Å². The minimum Gasteiger partial charge on any atom is -0.478 e. The summed E-state index contributed by atoms with van der Waals surface area (Å²) in [5.41, 5.74) is 0. The molecule has 0 saturated carbocycles. The van der Waals surface area contributed by atoms with Crippen molar-refractivity contribution in [3.63, 3.8) is 0 Å². The summed E-state index contributed by atoms with van der Waals surface area (Å²) in [4.78, 5) is 9.51. The van der Waals surface area contributed by atoms with Crippen molar-refractivity contribution in [2.75, 3.05) is 13.2 Å². The van der Waals surface area contributed by atoms with Crippen molar-refractivity contribution in [1.29, 1.82) is 0 Å². The predicted molar refractivity (Wildman–Crippen MR) is 64.3 cm³/mol. The molecule has 3 N–H and O–H groups in total. The Kier molecular flexibility index (Phi) is 18.1. The molecule has 0 rings (SSSR count). The number of allylic oxidation sites excluding steroid dienone is 1. The molecule has 0 aromatic carbocycles. The summed E-state index contributed by atoms with van der Waals surface area (Å²) < 4.78 is 0. The molecule has 0 atom stereocenters. The number of aliphatic hydroxyl groups excluding tert-OH is 2. The lowest BCUT2D eigenvalue weighted by atomic mass is 10.1. The minimum atomic E-state index is -0.891. The fourth-order valence-electron chi connectivity index (χ4n) is 1.07. The average molecular weight is 232 g/mol. The fourth-order valence-corrected chi connectivity index (χ4v) is 1.07. The standard InChI is InChI=1S/C8H18O2.C4H6O2/c9-7-5-3-1-2-4-6-8-10;1-2-3-4(5)6/h9-10H,1-8H2;2-3H,1H3,(H,5,6). The first-order chi connectivity index (χ1) is 7.68. The van der Waals surface area contributed by atoms with Crippen molar-refractivity contribution in [2.45, 2.75) is 45.4 Å². The molecule has 0 saturated heterocycles. The van der Waals surface area contributed by atoms with E-state index in [1.165, 1.54) is 18.9 Å². The van der Waals surface area contributed by atoms with Crippen LogP contribution in [-0.2, 0) is 4.79 Å². The van der Waals surface area contributed by atoms with Crippen LogP contribution in [0, 0.1) is 0 Å². The molecule has 0 unspecified atom stereocenters. The van der Waals surface area contributed by atoms with Gasteiger partial charge in [0.05, 0.1) is 0 Å². The van der Waals surface area contributed by atoms with Crippen LogP contribution >= 0.6 is 0 Å². The molecule has 4 nitrogen and oxygen atoms in total. The highest BCUT2D eigenvalue weighted by Gasteiger charge is 1.88. The molecule has 0 aliphatic carbocycles. The van der Waals surface area contributed by atoms with Crippen molar-refractivity contribution in [2.24, 2.45) is 0 Å². The molecule has 0 amide bonds. The van der Waals surface area contributed by atoms with Gasteiger partial charge in [0, 0.05) is 19.3 Å². The largest absolute Gasteiger partial charge is 0.478 e. The number of carboxylic acid groups (broad SMARTS) is 1. The van der Waals surface area contributed by atoms with Gasteiger partial charge in [-0.3, -0.25) is 0 Å². The molecule has 96 valence electrons.